The number of ketones is 3. The van der Waals surface area contributed by atoms with Crippen LogP contribution in [0.4, 0.5) is 0 Å². The Hall–Kier alpha value is -2.07. The molecule has 0 aromatic carbocycles. The Morgan fingerprint density at radius 1 is 0.540 bits per heavy atom. The third-order valence-corrected chi connectivity index (χ3v) is 27.0. The zero-order chi connectivity index (χ0) is 75.5. The smallest absolute Gasteiger partial charge is 0.373 e. The van der Waals surface area contributed by atoms with Crippen LogP contribution in [0, 0.1) is 35.5 Å². The maximum atomic E-state index is 12.7. The highest BCUT2D eigenvalue weighted by molar-refractivity contribution is 14.1. The number of alkyl halides is 3. The van der Waals surface area contributed by atoms with Gasteiger partial charge < -0.3 is 52.5 Å². The van der Waals surface area contributed by atoms with Crippen molar-refractivity contribution in [2.24, 2.45) is 23.7 Å². The second kappa shape index (κ2) is 45.6. The number of carbonyl (C=O) groups is 3. The average molecular weight is 1820 g/mol. The van der Waals surface area contributed by atoms with Gasteiger partial charge in [0.1, 0.15) is 54.2 Å². The molecule has 0 radical (unpaired) electrons. The maximum absolute atomic E-state index is 12.7. The second-order valence-electron chi connectivity index (χ2n) is 28.4. The van der Waals surface area contributed by atoms with Crippen LogP contribution in [0.5, 0.6) is 0 Å². The van der Waals surface area contributed by atoms with Gasteiger partial charge in [-0.25, -0.2) is 0 Å². The first-order valence-corrected chi connectivity index (χ1v) is 42.2. The number of aliphatic hydroxyl groups is 2. The van der Waals surface area contributed by atoms with E-state index in [1.807, 2.05) is 0 Å². The van der Waals surface area contributed by atoms with Crippen molar-refractivity contribution in [1.29, 1.82) is 0 Å². The molecule has 2 unspecified atom stereocenters. The van der Waals surface area contributed by atoms with E-state index >= 15 is 0 Å². The highest BCUT2D eigenvalue weighted by atomic mass is 127. The Bertz CT molecular complexity index is 2760. The number of hydrogen-bond donors (Lipinski definition) is 2. The molecule has 0 spiro atoms. The molecular formula is C73H106Cl3I3O20Si. The Morgan fingerprint density at radius 2 is 0.870 bits per heavy atom. The fourth-order valence-electron chi connectivity index (χ4n) is 13.3. The monoisotopic (exact) mass is 1820 g/mol. The lowest BCUT2D eigenvalue weighted by Gasteiger charge is -2.50. The molecule has 100 heavy (non-hydrogen) atoms. The fraction of sp³-hybridized carbons (Fsp3) is 0.753. The van der Waals surface area contributed by atoms with Gasteiger partial charge in [-0.05, 0) is 211 Å². The lowest BCUT2D eigenvalue weighted by molar-refractivity contribution is -0.238. The maximum Gasteiger partial charge on any atom is 0.373 e. The highest BCUT2D eigenvalue weighted by Crippen LogP contribution is 2.47. The summed E-state index contributed by atoms with van der Waals surface area (Å²) >= 11 is 25.3. The number of carbonyl (C=O) groups excluding carboxylic acids is 9. The summed E-state index contributed by atoms with van der Waals surface area (Å²) in [7, 11) is -2.15. The van der Waals surface area contributed by atoms with Crippen LogP contribution in [0.25, 0.3) is 0 Å². The van der Waals surface area contributed by atoms with E-state index in [-0.39, 0.29) is 142 Å². The standard InChI is InChI=1S/C28H46ClIO4Si.2C21H30ClIO5.3CO2/c1-10-23-14-16-24-26(32-23)19(3)20(4)27(33-24)25(34-35(8,9)28(5,6)7)15-13-22(31)12-11-21(29)17-18(2)30;2*1-4-15-7-8-16-19(26-15)12(3)20-21(27-16)18(25)17(28-20)10-14(24)6-5-13(22)9-11(2)23;3*2-1-3/h19-21,23-27H,2,10-12,14,16-17H2,1,3-9H3;2*10,12-13,15-16,18-21,25H,2,4-9H2,1,3H3;;;/b;17-10+;17-10-;;;/t19-,20+,21-,23+,24+,25+,26-,27-;2*12-,13+,15-,16-,18-,19+,20-,21?;;;/m100.../s1. The van der Waals surface area contributed by atoms with Crippen molar-refractivity contribution >= 4 is 147 Å². The summed E-state index contributed by atoms with van der Waals surface area (Å²) in [5, 5.41) is 21.1. The molecule has 0 bridgehead atoms. The van der Waals surface area contributed by atoms with Gasteiger partial charge in [-0.2, -0.15) is 28.8 Å². The summed E-state index contributed by atoms with van der Waals surface area (Å²) in [5.74, 6) is 7.18. The number of aliphatic hydroxyl groups excluding tert-OH is 2. The zero-order valence-electron chi connectivity index (χ0n) is 59.9. The van der Waals surface area contributed by atoms with Crippen LogP contribution < -0.4 is 0 Å². The van der Waals surface area contributed by atoms with E-state index in [1.54, 1.807) is 0 Å². The van der Waals surface area contributed by atoms with E-state index in [1.165, 1.54) is 12.2 Å². The van der Waals surface area contributed by atoms with E-state index in [2.05, 4.69) is 182 Å². The first-order valence-electron chi connectivity index (χ1n) is 34.7. The molecule has 20 nitrogen and oxygen atoms in total. The van der Waals surface area contributed by atoms with Gasteiger partial charge in [-0.1, -0.05) is 94.9 Å². The Labute approximate surface area is 649 Å². The molecule has 8 aliphatic heterocycles. The molecule has 8 aliphatic rings. The van der Waals surface area contributed by atoms with Crippen molar-refractivity contribution in [3.8, 4) is 11.8 Å². The Balaban J connectivity index is 0.000000370. The molecule has 0 saturated carbocycles. The summed E-state index contributed by atoms with van der Waals surface area (Å²) in [6.07, 6.45) is 14.1. The van der Waals surface area contributed by atoms with Gasteiger partial charge in [-0.3, -0.25) is 14.4 Å². The summed E-state index contributed by atoms with van der Waals surface area (Å²) in [6.45, 7) is 37.8. The molecule has 0 aromatic heterocycles. The average Bonchev–Trinajstić information content (AvgIpc) is 1.64. The van der Waals surface area contributed by atoms with Gasteiger partial charge in [0.25, 0.3) is 0 Å². The number of allylic oxidation sites excluding steroid dienone is 5. The molecule has 564 valence electrons. The van der Waals surface area contributed by atoms with Gasteiger partial charge in [0.15, 0.2) is 19.9 Å². The number of halogens is 6. The molecule has 2 N–H and O–H groups in total. The minimum atomic E-state index is -2.15. The molecule has 0 aromatic rings. The van der Waals surface area contributed by atoms with Crippen molar-refractivity contribution in [3.63, 3.8) is 0 Å². The SMILES string of the molecule is C=C(I)C[C@H](Cl)CCC(=O)/C=C1/O[C@@H]2C(O[C@H]3CC[C@H](CC)O[C@@H]3[C@@H]2C)[C@H]1O.C=C(I)C[C@H](Cl)CCC(=O)/C=C1\O[C@@H]2C(O[C@H]3CC[C@H](CC)O[C@@H]3[C@@H]2C)[C@H]1O.C=C(I)C[C@H](Cl)CCC(=O)C#C[C@H](O[Si](C)(C)C(C)(C)C)[C@@H]1O[C@H]2CC[C@H](CC)O[C@@H]2[C@H](C)[C@@H]1C.O=C=O.O=C=O.O=C=O. The van der Waals surface area contributed by atoms with Crippen LogP contribution in [0.2, 0.25) is 18.1 Å². The fourth-order valence-corrected chi connectivity index (χ4v) is 17.8. The Morgan fingerprint density at radius 3 is 1.20 bits per heavy atom. The number of Topliss-reactive ketones (excluding diaryl/α,β-unsaturated/α-hetero) is 1. The van der Waals surface area contributed by atoms with Crippen molar-refractivity contribution in [1.82, 2.24) is 0 Å². The minimum absolute atomic E-state index is 0.0225. The molecule has 0 aliphatic carbocycles. The Kier molecular flexibility index (Phi) is 42.0. The van der Waals surface area contributed by atoms with Gasteiger partial charge in [0.05, 0.1) is 61.0 Å². The highest BCUT2D eigenvalue weighted by Gasteiger charge is 2.57. The number of hydrogen-bond acceptors (Lipinski definition) is 20. The van der Waals surface area contributed by atoms with E-state index in [4.69, 9.17) is 106 Å². The van der Waals surface area contributed by atoms with E-state index < -0.39 is 38.8 Å². The summed E-state index contributed by atoms with van der Waals surface area (Å²) < 4.78 is 59.6. The summed E-state index contributed by atoms with van der Waals surface area (Å²) in [6, 6.07) is 0. The van der Waals surface area contributed by atoms with Crippen molar-refractivity contribution in [3.05, 3.63) is 54.1 Å². The van der Waals surface area contributed by atoms with Crippen LogP contribution in [0.15, 0.2) is 54.1 Å². The van der Waals surface area contributed by atoms with Gasteiger partial charge in [-0.15, -0.1) is 34.8 Å². The predicted molar refractivity (Wildman–Crippen MR) is 405 cm³/mol. The van der Waals surface area contributed by atoms with Gasteiger partial charge in [0, 0.05) is 59.4 Å². The van der Waals surface area contributed by atoms with Crippen molar-refractivity contribution in [2.45, 2.75) is 323 Å². The number of ether oxygens (including phenoxy) is 8. The van der Waals surface area contributed by atoms with Crippen LogP contribution >= 0.6 is 103 Å². The number of rotatable bonds is 23. The quantitative estimate of drug-likeness (QED) is 0.0240. The number of fused-ring (bicyclic) bond motifs is 5. The van der Waals surface area contributed by atoms with Gasteiger partial charge in [0.2, 0.25) is 5.78 Å². The molecule has 8 heterocycles. The summed E-state index contributed by atoms with van der Waals surface area (Å²) in [5.41, 5.74) is 0. The summed E-state index contributed by atoms with van der Waals surface area (Å²) in [4.78, 5) is 86.1. The first-order chi connectivity index (χ1) is 47.0. The van der Waals surface area contributed by atoms with Crippen LogP contribution in [-0.4, -0.2) is 174 Å². The van der Waals surface area contributed by atoms with Crippen LogP contribution in [-0.2, 0) is 85.5 Å². The van der Waals surface area contributed by atoms with Gasteiger partial charge >= 0.3 is 18.5 Å². The second-order valence-corrected chi connectivity index (χ2v) is 39.6. The molecule has 8 saturated heterocycles. The van der Waals surface area contributed by atoms with Crippen molar-refractivity contribution < 1.29 is 95.7 Å². The van der Waals surface area contributed by atoms with Crippen molar-refractivity contribution in [2.75, 3.05) is 0 Å². The lowest BCUT2D eigenvalue weighted by Crippen LogP contribution is -2.58. The molecule has 24 atom stereocenters. The normalized spacial score (nSPS) is 33.4. The third-order valence-electron chi connectivity index (χ3n) is 20.1. The molecular weight excluding hydrogens is 1710 g/mol. The minimum Gasteiger partial charge on any atom is -0.489 e. The third kappa shape index (κ3) is 28.9. The molecule has 27 heteroatoms. The van der Waals surface area contributed by atoms with E-state index in [9.17, 15) is 24.6 Å². The predicted octanol–water partition coefficient (Wildman–Crippen LogP) is 14.5. The van der Waals surface area contributed by atoms with Crippen LogP contribution in [0.1, 0.15) is 185 Å². The van der Waals surface area contributed by atoms with Crippen LogP contribution in [0.3, 0.4) is 0 Å². The van der Waals surface area contributed by atoms with E-state index in [0.717, 1.165) is 68.5 Å². The first kappa shape index (κ1) is 92.1. The zero-order valence-corrected chi connectivity index (χ0v) is 69.6. The molecule has 0 amide bonds. The topological polar surface area (TPSA) is 277 Å². The largest absolute Gasteiger partial charge is 0.489 e. The molecule has 8 rings (SSSR count). The lowest BCUT2D eigenvalue weighted by atomic mass is 9.77. The molecule has 8 fully saturated rings. The van der Waals surface area contributed by atoms with E-state index in [0.29, 0.717) is 81.3 Å².